The van der Waals surface area contributed by atoms with Gasteiger partial charge in [0.25, 0.3) is 0 Å². The number of benzene rings is 1. The second kappa shape index (κ2) is 33.7. The molecule has 0 saturated carbocycles. The van der Waals surface area contributed by atoms with E-state index in [1.807, 2.05) is 6.08 Å². The summed E-state index contributed by atoms with van der Waals surface area (Å²) in [6, 6.07) is 8.32. The molecule has 9 N–H and O–H groups in total. The maximum absolute atomic E-state index is 13.0. The number of aliphatic hydroxyl groups excluding tert-OH is 1. The number of nitrogens with zero attached hydrogens (tertiary/aromatic N) is 5. The summed E-state index contributed by atoms with van der Waals surface area (Å²) >= 11 is 4.08. The van der Waals surface area contributed by atoms with Crippen molar-refractivity contribution in [2.24, 2.45) is 11.5 Å². The molecule has 65 heavy (non-hydrogen) atoms. The topological polar surface area (TPSA) is 285 Å². The van der Waals surface area contributed by atoms with E-state index in [1.165, 1.54) is 45.1 Å². The van der Waals surface area contributed by atoms with Crippen molar-refractivity contribution in [1.82, 2.24) is 35.0 Å². The molecule has 2 aliphatic rings. The van der Waals surface area contributed by atoms with Crippen LogP contribution in [0.25, 0.3) is 11.0 Å². The van der Waals surface area contributed by atoms with Crippen LogP contribution in [-0.4, -0.2) is 135 Å². The van der Waals surface area contributed by atoms with Gasteiger partial charge in [0.15, 0.2) is 5.91 Å². The van der Waals surface area contributed by atoms with E-state index in [0.29, 0.717) is 40.9 Å². The minimum atomic E-state index is -1.28. The first-order valence-corrected chi connectivity index (χ1v) is 20.7. The van der Waals surface area contributed by atoms with E-state index in [4.69, 9.17) is 21.3 Å². The van der Waals surface area contributed by atoms with Gasteiger partial charge in [0.05, 0.1) is 24.4 Å². The molecule has 2 unspecified atom stereocenters. The van der Waals surface area contributed by atoms with Crippen molar-refractivity contribution in [3.8, 4) is 0 Å². The Bertz CT molecular complexity index is 2020. The Kier molecular flexibility index (Phi) is 32.8. The molecule has 2 radical (unpaired) electrons. The van der Waals surface area contributed by atoms with Crippen LogP contribution in [0.2, 0.25) is 0 Å². The fourth-order valence-corrected chi connectivity index (χ4v) is 5.88. The predicted octanol–water partition coefficient (Wildman–Crippen LogP) is 3.01. The average molecular weight is 1130 g/mol. The summed E-state index contributed by atoms with van der Waals surface area (Å²) in [6.45, 7) is 4.40. The number of allylic oxidation sites excluding steroid dienone is 2. The van der Waals surface area contributed by atoms with Crippen molar-refractivity contribution < 1.29 is 122 Å². The number of hydrogen-bond donors (Lipinski definition) is 7. The third-order valence-corrected chi connectivity index (χ3v) is 9.06. The van der Waals surface area contributed by atoms with Gasteiger partial charge in [-0.05, 0) is 67.4 Å². The minimum absolute atomic E-state index is 0. The fourth-order valence-electron chi connectivity index (χ4n) is 5.88. The van der Waals surface area contributed by atoms with Gasteiger partial charge in [0.1, 0.15) is 18.7 Å². The van der Waals surface area contributed by atoms with E-state index in [2.05, 4.69) is 48.2 Å². The molecule has 1 aromatic carbocycles. The number of carbonyl (C=O) groups is 7. The molecule has 1 saturated heterocycles. The Morgan fingerprint density at radius 2 is 1.65 bits per heavy atom. The largest absolute Gasteiger partial charge is 0.796 e. The number of likely N-dealkylation sites (N-methyl/N-ethyl adjacent to an activating group) is 2. The molecule has 3 heterocycles. The molecule has 7 amide bonds. The summed E-state index contributed by atoms with van der Waals surface area (Å²) in [5, 5.41) is 23.4. The van der Waals surface area contributed by atoms with Gasteiger partial charge in [-0.2, -0.15) is 11.7 Å². The summed E-state index contributed by atoms with van der Waals surface area (Å²) in [5.74, 6) is -2.64. The van der Waals surface area contributed by atoms with Crippen LogP contribution in [-0.2, 0) is 75.9 Å². The summed E-state index contributed by atoms with van der Waals surface area (Å²) in [4.78, 5) is 94.2. The number of ether oxygens (including phenoxy) is 1. The quantitative estimate of drug-likeness (QED) is 0.0696. The molecule has 0 spiro atoms. The van der Waals surface area contributed by atoms with Crippen LogP contribution in [0.3, 0.4) is 0 Å². The van der Waals surface area contributed by atoms with Gasteiger partial charge < -0.3 is 81.7 Å². The van der Waals surface area contributed by atoms with Crippen molar-refractivity contribution in [3.63, 3.8) is 0 Å². The molecule has 1 aliphatic carbocycles. The maximum Gasteiger partial charge on any atom is 0.409 e. The van der Waals surface area contributed by atoms with Crippen LogP contribution in [0.1, 0.15) is 74.7 Å². The van der Waals surface area contributed by atoms with Gasteiger partial charge in [-0.1, -0.05) is 43.9 Å². The second-order valence-corrected chi connectivity index (χ2v) is 14.1. The molecule has 20 nitrogen and oxygen atoms in total. The predicted molar refractivity (Wildman–Crippen MR) is 239 cm³/mol. The molecule has 1 aliphatic heterocycles. The number of aliphatic hydroxyl groups is 1. The summed E-state index contributed by atoms with van der Waals surface area (Å²) in [7, 11) is 3.09. The van der Waals surface area contributed by atoms with Crippen LogP contribution in [0.4, 0.5) is 15.3 Å². The standard InChI is InChI=1S/C32H39N10O9.C5H8O.C3H8.CH4S.CH3.Pm.Y/c1-39(31(48)42-11-9-20-14-21(27(34)45)16-35-28(20)42)12-13-40(2)32(49)51-18-19-5-7-22(8-6-19)37-26(44)17-36-29(46)24-4-3-10-41(24)30(47)23(38-50)15-25(33)43;6-5-3-1-2-4-5;1-3-2;1-2;;;/h5-9,11,16,23-24,38,50H,3-4,10,12-13,15,17-18H2,1-2H3,(H2,33,43)(H2,34,45)(H,36,46)(H,37,44);3,6H,1-2,4H2;3H2,1-2H3;2H,1H3;1H3;;/q-1;;;;-1;;/p-1. The number of hydrogen-bond acceptors (Lipinski definition) is 13. The minimum Gasteiger partial charge on any atom is -0.796 e. The van der Waals surface area contributed by atoms with Gasteiger partial charge in [0.2, 0.25) is 23.6 Å². The number of carbonyl (C=O) groups excluding carboxylic acids is 7. The Balaban J connectivity index is 0. The van der Waals surface area contributed by atoms with Crippen molar-refractivity contribution in [2.75, 3.05) is 51.8 Å². The number of nitrogens with two attached hydrogens (primary N) is 2. The van der Waals surface area contributed by atoms with Crippen LogP contribution < -0.4 is 27.6 Å². The molecule has 3 aromatic rings. The smallest absolute Gasteiger partial charge is 0.409 e. The van der Waals surface area contributed by atoms with Crippen LogP contribution in [0.15, 0.2) is 54.6 Å². The number of hydroxylamine groups is 1. The zero-order valence-electron chi connectivity index (χ0n) is 37.7. The Morgan fingerprint density at radius 1 is 1.02 bits per heavy atom. The number of nitrogens with one attached hydrogen (secondary N) is 3. The maximum atomic E-state index is 13.0. The van der Waals surface area contributed by atoms with Gasteiger partial charge in [-0.15, -0.1) is 6.07 Å². The first-order chi connectivity index (χ1) is 29.6. The van der Waals surface area contributed by atoms with Gasteiger partial charge in [-0.25, -0.2) is 9.59 Å². The number of anilines is 1. The molecule has 0 bridgehead atoms. The average Bonchev–Trinajstić information content (AvgIpc) is 4.05. The first-order valence-electron chi connectivity index (χ1n) is 19.9. The summed E-state index contributed by atoms with van der Waals surface area (Å²) < 4.78 is 6.67. The number of primary amides is 2. The summed E-state index contributed by atoms with van der Waals surface area (Å²) in [6.07, 6.45) is 10.4. The molecular formula is C42H61N10O10PmSY-3. The molecule has 356 valence electrons. The zero-order chi connectivity index (χ0) is 46.4. The van der Waals surface area contributed by atoms with Crippen LogP contribution in [0, 0.1) is 53.9 Å². The van der Waals surface area contributed by atoms with Crippen LogP contribution >= 0.6 is 0 Å². The van der Waals surface area contributed by atoms with Crippen molar-refractivity contribution in [3.05, 3.63) is 79.2 Å². The van der Waals surface area contributed by atoms with E-state index in [9.17, 15) is 38.8 Å². The fraction of sp³-hybridized carbons (Fsp3) is 0.452. The number of amides is 7. The number of pyridine rings is 1. The van der Waals surface area contributed by atoms with Gasteiger partial charge in [0, 0.05) is 119 Å². The normalized spacial score (nSPS) is 13.6. The van der Waals surface area contributed by atoms with Crippen molar-refractivity contribution in [2.45, 2.75) is 77.5 Å². The number of aromatic nitrogens is 2. The molecular weight excluding hydrogens is 1070 g/mol. The zero-order valence-corrected chi connectivity index (χ0v) is 44.3. The molecule has 2 atom stereocenters. The van der Waals surface area contributed by atoms with E-state index < -0.39 is 60.2 Å². The van der Waals surface area contributed by atoms with Crippen molar-refractivity contribution in [1.29, 1.82) is 0 Å². The Hall–Kier alpha value is -3.75. The third-order valence-electron chi connectivity index (χ3n) is 9.06. The first kappa shape index (κ1) is 63.3. The monoisotopic (exact) mass is 1130 g/mol. The third kappa shape index (κ3) is 21.2. The molecule has 5 rings (SSSR count). The van der Waals surface area contributed by atoms with E-state index >= 15 is 0 Å². The van der Waals surface area contributed by atoms with E-state index in [-0.39, 0.29) is 119 Å². The number of likely N-dealkylation sites (tertiary alicyclic amines) is 1. The van der Waals surface area contributed by atoms with Gasteiger partial charge >= 0.3 is 12.1 Å². The summed E-state index contributed by atoms with van der Waals surface area (Å²) in [5.41, 5.74) is 13.6. The Morgan fingerprint density at radius 3 is 2.18 bits per heavy atom. The van der Waals surface area contributed by atoms with Crippen LogP contribution in [0.5, 0.6) is 0 Å². The molecule has 23 heteroatoms. The van der Waals surface area contributed by atoms with Crippen molar-refractivity contribution >= 4 is 71.0 Å². The number of rotatable bonds is 14. The van der Waals surface area contributed by atoms with E-state index in [1.54, 1.807) is 49.1 Å². The molecule has 2 aromatic heterocycles. The number of fused-ring (bicyclic) bond motifs is 1. The van der Waals surface area contributed by atoms with Gasteiger partial charge in [-0.3, -0.25) is 23.7 Å². The SMILES string of the molecule is CCC.CN(CCN(C)C(=O)n1ccc2[c-]c(C(N)=O)cnc21)C(=O)OCc1ccc(NC(=O)CNC(=O)C2CCCN2C(=O)C(CC(N)=O)NO)cc1.C[S-].OC1=CCCC1.[CH3-].[Pm].[Y]. The second-order valence-electron chi connectivity index (χ2n) is 14.1. The van der Waals surface area contributed by atoms with E-state index in [0.717, 1.165) is 19.3 Å². The molecule has 1 fully saturated rings. The Labute approximate surface area is 443 Å².